The van der Waals surface area contributed by atoms with Gasteiger partial charge in [0.25, 0.3) is 18.7 Å². The molecule has 0 spiro atoms. The Morgan fingerprint density at radius 1 is 1.43 bits per heavy atom. The molecule has 1 saturated heterocycles. The molecule has 37 heavy (non-hydrogen) atoms. The summed E-state index contributed by atoms with van der Waals surface area (Å²) in [6.07, 6.45) is 3.28. The summed E-state index contributed by atoms with van der Waals surface area (Å²) in [5, 5.41) is 20.9. The fourth-order valence-electron chi connectivity index (χ4n) is 4.07. The number of oxime groups is 1. The summed E-state index contributed by atoms with van der Waals surface area (Å²) < 4.78 is 16.9. The van der Waals surface area contributed by atoms with Crippen LogP contribution < -0.4 is 26.9 Å². The molecule has 5 heterocycles. The van der Waals surface area contributed by atoms with Gasteiger partial charge in [0.2, 0.25) is 5.82 Å². The van der Waals surface area contributed by atoms with E-state index >= 15 is 0 Å². The first-order valence-electron chi connectivity index (χ1n) is 10.6. The first-order chi connectivity index (χ1) is 17.8. The molecule has 1 fully saturated rings. The van der Waals surface area contributed by atoms with Crippen LogP contribution in [0.3, 0.4) is 0 Å². The van der Waals surface area contributed by atoms with Gasteiger partial charge < -0.3 is 21.0 Å². The molecule has 5 rings (SSSR count). The predicted octanol–water partition coefficient (Wildman–Crippen LogP) is -1.57. The monoisotopic (exact) mass is 551 g/mol. The van der Waals surface area contributed by atoms with Crippen LogP contribution in [0.5, 0.6) is 0 Å². The van der Waals surface area contributed by atoms with Crippen molar-refractivity contribution in [1.82, 2.24) is 29.8 Å². The maximum Gasteiger partial charge on any atom is 0.352 e. The van der Waals surface area contributed by atoms with Gasteiger partial charge in [0.15, 0.2) is 5.71 Å². The SMILES string of the molecule is Nc1cc[n+](CC2=C(C(=O)O)N3C(=O)[C@@H](NC(=O)C(=NOCF)C4=CSN(N)N4)[C@@H]3SC2)c2ccnn12. The standard InChI is InChI=1S/C19H19FN10O5S2/c20-8-35-26-13(10-7-37-30(22)25-10)16(31)24-14-17(32)28-15(19(33)34)9(6-36-18(14)28)5-27-4-2-11(21)29-12(27)1-3-23-29/h1-4,7,14,18,21,25H,5-6,8,22H2,(H2,24,31,33,34)/p+1/t14-,18+/m1/s1. The van der Waals surface area contributed by atoms with Gasteiger partial charge in [-0.05, 0) is 11.9 Å². The molecular formula is C19H20FN10O5S2+. The van der Waals surface area contributed by atoms with Gasteiger partial charge in [0.1, 0.15) is 23.7 Å². The van der Waals surface area contributed by atoms with Crippen LogP contribution in [0, 0.1) is 0 Å². The van der Waals surface area contributed by atoms with Crippen molar-refractivity contribution in [3.05, 3.63) is 46.9 Å². The molecular weight excluding hydrogens is 531 g/mol. The molecule has 2 amide bonds. The van der Waals surface area contributed by atoms with Gasteiger partial charge in [-0.2, -0.15) is 0 Å². The number of nitrogen functional groups attached to an aromatic ring is 1. The Morgan fingerprint density at radius 3 is 2.95 bits per heavy atom. The molecule has 0 bridgehead atoms. The number of carboxylic acid groups (broad SMARTS) is 1. The number of aromatic nitrogens is 3. The zero-order valence-electron chi connectivity index (χ0n) is 18.8. The van der Waals surface area contributed by atoms with Crippen molar-refractivity contribution in [3.8, 4) is 0 Å². The number of carbonyl (C=O) groups is 3. The summed E-state index contributed by atoms with van der Waals surface area (Å²) in [4.78, 5) is 43.7. The number of halogens is 1. The van der Waals surface area contributed by atoms with Gasteiger partial charge in [0, 0.05) is 22.8 Å². The summed E-state index contributed by atoms with van der Waals surface area (Å²) in [5.74, 6) is 3.59. The van der Waals surface area contributed by atoms with Gasteiger partial charge in [-0.3, -0.25) is 19.9 Å². The Balaban J connectivity index is 1.36. The fraction of sp³-hybridized carbons (Fsp3) is 0.263. The lowest BCUT2D eigenvalue weighted by atomic mass is 10.0. The highest BCUT2D eigenvalue weighted by atomic mass is 32.2. The molecule has 7 N–H and O–H groups in total. The summed E-state index contributed by atoms with van der Waals surface area (Å²) in [5.41, 5.74) is 9.37. The van der Waals surface area contributed by atoms with E-state index in [-0.39, 0.29) is 29.4 Å². The van der Waals surface area contributed by atoms with Crippen molar-refractivity contribution < 1.29 is 33.3 Å². The number of amides is 2. The van der Waals surface area contributed by atoms with Gasteiger partial charge in [0.05, 0.1) is 24.2 Å². The molecule has 0 radical (unpaired) electrons. The van der Waals surface area contributed by atoms with Crippen LogP contribution in [-0.2, 0) is 25.8 Å². The summed E-state index contributed by atoms with van der Waals surface area (Å²) in [6.45, 7) is -1.09. The number of carbonyl (C=O) groups excluding carboxylic acids is 2. The number of β-lactam (4-membered cyclic amide) rings is 1. The first kappa shape index (κ1) is 24.8. The zero-order valence-corrected chi connectivity index (χ0v) is 20.4. The molecule has 0 aromatic carbocycles. The van der Waals surface area contributed by atoms with E-state index in [0.717, 1.165) is 21.4 Å². The minimum atomic E-state index is -1.27. The maximum absolute atomic E-state index is 13.0. The van der Waals surface area contributed by atoms with E-state index < -0.39 is 36.1 Å². The smallest absolute Gasteiger partial charge is 0.352 e. The third-order valence-electron chi connectivity index (χ3n) is 5.67. The summed E-state index contributed by atoms with van der Waals surface area (Å²) >= 11 is 2.31. The van der Waals surface area contributed by atoms with E-state index in [0.29, 0.717) is 17.0 Å². The van der Waals surface area contributed by atoms with Crippen molar-refractivity contribution in [3.63, 3.8) is 0 Å². The van der Waals surface area contributed by atoms with Crippen LogP contribution in [0.25, 0.3) is 5.65 Å². The minimum Gasteiger partial charge on any atom is -0.477 e. The van der Waals surface area contributed by atoms with Crippen LogP contribution in [0.1, 0.15) is 0 Å². The van der Waals surface area contributed by atoms with Crippen molar-refractivity contribution in [2.45, 2.75) is 18.0 Å². The number of rotatable bonds is 8. The van der Waals surface area contributed by atoms with E-state index in [1.165, 1.54) is 21.7 Å². The highest BCUT2D eigenvalue weighted by Crippen LogP contribution is 2.40. The van der Waals surface area contributed by atoms with Crippen LogP contribution in [0.2, 0.25) is 0 Å². The Kier molecular flexibility index (Phi) is 6.63. The van der Waals surface area contributed by atoms with Crippen molar-refractivity contribution in [1.29, 1.82) is 0 Å². The number of carboxylic acids is 1. The number of nitrogens with one attached hydrogen (secondary N) is 2. The minimum absolute atomic E-state index is 0.137. The van der Waals surface area contributed by atoms with Gasteiger partial charge >= 0.3 is 11.6 Å². The molecule has 2 aromatic rings. The van der Waals surface area contributed by atoms with E-state index in [1.54, 1.807) is 29.1 Å². The number of nitrogens with zero attached hydrogens (tertiary/aromatic N) is 6. The van der Waals surface area contributed by atoms with Crippen molar-refractivity contribution in [2.24, 2.45) is 11.0 Å². The second-order valence-electron chi connectivity index (χ2n) is 7.84. The van der Waals surface area contributed by atoms with Crippen molar-refractivity contribution >= 4 is 58.7 Å². The van der Waals surface area contributed by atoms with E-state index in [9.17, 15) is 23.9 Å². The Hall–Kier alpha value is -3.87. The second-order valence-corrected chi connectivity index (χ2v) is 9.79. The number of anilines is 1. The van der Waals surface area contributed by atoms with Gasteiger partial charge in [-0.15, -0.1) is 11.8 Å². The summed E-state index contributed by atoms with van der Waals surface area (Å²) in [7, 11) is 0. The Labute approximate surface area is 216 Å². The molecule has 194 valence electrons. The van der Waals surface area contributed by atoms with Crippen LogP contribution >= 0.6 is 23.7 Å². The number of thioether (sulfide) groups is 1. The number of fused-ring (bicyclic) bond motifs is 2. The second kappa shape index (κ2) is 9.88. The lowest BCUT2D eigenvalue weighted by molar-refractivity contribution is -0.666. The quantitative estimate of drug-likeness (QED) is 0.0632. The number of alkyl halides is 1. The lowest BCUT2D eigenvalue weighted by Gasteiger charge is -2.49. The zero-order chi connectivity index (χ0) is 26.3. The topological polar surface area (TPSA) is 197 Å². The molecule has 15 nitrogen and oxygen atoms in total. The number of aliphatic carboxylic acids is 1. The molecule has 3 aliphatic heterocycles. The van der Waals surface area contributed by atoms with Gasteiger partial charge in [-0.25, -0.2) is 19.6 Å². The normalized spacial score (nSPS) is 21.9. The van der Waals surface area contributed by atoms with E-state index in [4.69, 9.17) is 11.6 Å². The summed E-state index contributed by atoms with van der Waals surface area (Å²) in [6, 6.07) is 2.35. The molecule has 18 heteroatoms. The molecule has 2 atom stereocenters. The lowest BCUT2D eigenvalue weighted by Crippen LogP contribution is -2.71. The average Bonchev–Trinajstić information content (AvgIpc) is 3.54. The average molecular weight is 552 g/mol. The third-order valence-corrected chi connectivity index (χ3v) is 7.67. The number of hydrogen-bond donors (Lipinski definition) is 5. The fourth-order valence-corrected chi connectivity index (χ4v) is 5.94. The molecule has 0 aliphatic carbocycles. The van der Waals surface area contributed by atoms with Crippen LogP contribution in [-0.4, -0.2) is 71.7 Å². The highest BCUT2D eigenvalue weighted by Gasteiger charge is 2.54. The first-order valence-corrected chi connectivity index (χ1v) is 12.5. The highest BCUT2D eigenvalue weighted by molar-refractivity contribution is 8.00. The predicted molar refractivity (Wildman–Crippen MR) is 129 cm³/mol. The molecule has 0 saturated carbocycles. The van der Waals surface area contributed by atoms with Gasteiger partial charge in [-0.1, -0.05) is 19.3 Å². The largest absolute Gasteiger partial charge is 0.477 e. The Bertz CT molecular complexity index is 1390. The van der Waals surface area contributed by atoms with Crippen LogP contribution in [0.4, 0.5) is 10.2 Å². The number of hydrogen-bond acceptors (Lipinski definition) is 12. The molecule has 3 aliphatic rings. The third kappa shape index (κ3) is 4.43. The number of hydrazine groups is 2. The van der Waals surface area contributed by atoms with Crippen molar-refractivity contribution in [2.75, 3.05) is 18.3 Å². The molecule has 0 unspecified atom stereocenters. The number of nitrogens with two attached hydrogens (primary N) is 2. The Morgan fingerprint density at radius 2 is 2.24 bits per heavy atom. The van der Waals surface area contributed by atoms with E-state index in [2.05, 4.69) is 25.8 Å². The van der Waals surface area contributed by atoms with E-state index in [1.807, 2.05) is 0 Å². The van der Waals surface area contributed by atoms with Crippen LogP contribution in [0.15, 0.2) is 52.1 Å². The maximum atomic E-state index is 13.0. The molecule has 2 aromatic heterocycles.